The molecule has 4 nitrogen and oxygen atoms in total. The van der Waals surface area contributed by atoms with Crippen LogP contribution in [0.25, 0.3) is 0 Å². The Labute approximate surface area is 67.8 Å². The average Bonchev–Trinajstić information content (AvgIpc) is 1.86. The smallest absolute Gasteiger partial charge is 0.213 e. The van der Waals surface area contributed by atoms with E-state index in [1.165, 1.54) is 6.92 Å². The molecule has 0 aliphatic heterocycles. The molecule has 0 aliphatic rings. The molecule has 0 aliphatic carbocycles. The monoisotopic (exact) mass is 181 g/mol. The van der Waals surface area contributed by atoms with Crippen molar-refractivity contribution in [3.8, 4) is 0 Å². The van der Waals surface area contributed by atoms with Crippen molar-refractivity contribution in [3.63, 3.8) is 0 Å². The second kappa shape index (κ2) is 4.69. The summed E-state index contributed by atoms with van der Waals surface area (Å²) in [5.74, 6) is 0. The van der Waals surface area contributed by atoms with Crippen molar-refractivity contribution in [1.29, 1.82) is 0 Å². The van der Waals surface area contributed by atoms with Crippen LogP contribution in [0.15, 0.2) is 0 Å². The van der Waals surface area contributed by atoms with Crippen molar-refractivity contribution >= 4 is 10.0 Å². The zero-order valence-electron chi connectivity index (χ0n) is 6.91. The van der Waals surface area contributed by atoms with Gasteiger partial charge in [0.05, 0.1) is 11.9 Å². The van der Waals surface area contributed by atoms with E-state index < -0.39 is 15.3 Å². The Bertz CT molecular complexity index is 188. The van der Waals surface area contributed by atoms with Crippen LogP contribution < -0.4 is 5.14 Å². The zero-order chi connectivity index (χ0) is 8.91. The zero-order valence-corrected chi connectivity index (χ0v) is 7.73. The molecule has 2 N–H and O–H groups in total. The summed E-state index contributed by atoms with van der Waals surface area (Å²) < 4.78 is 26.3. The van der Waals surface area contributed by atoms with Gasteiger partial charge in [-0.25, -0.2) is 13.6 Å². The molecule has 0 rings (SSSR count). The molecular formula is C6H15NO3S. The summed E-state index contributed by atoms with van der Waals surface area (Å²) in [5.41, 5.74) is 0. The van der Waals surface area contributed by atoms with Gasteiger partial charge in [-0.15, -0.1) is 0 Å². The fraction of sp³-hybridized carbons (Fsp3) is 1.00. The maximum absolute atomic E-state index is 10.6. The number of nitrogens with two attached hydrogens (primary N) is 1. The second-order valence-electron chi connectivity index (χ2n) is 2.47. The quantitative estimate of drug-likeness (QED) is 0.611. The lowest BCUT2D eigenvalue weighted by atomic mass is 10.5. The highest BCUT2D eigenvalue weighted by molar-refractivity contribution is 7.89. The molecule has 68 valence electrons. The highest BCUT2D eigenvalue weighted by atomic mass is 32.2. The van der Waals surface area contributed by atoms with E-state index in [0.29, 0.717) is 6.61 Å². The Kier molecular flexibility index (Phi) is 4.63. The molecule has 0 aromatic heterocycles. The topological polar surface area (TPSA) is 69.4 Å². The van der Waals surface area contributed by atoms with E-state index in [2.05, 4.69) is 0 Å². The molecule has 0 radical (unpaired) electrons. The highest BCUT2D eigenvalue weighted by Gasteiger charge is 2.14. The summed E-state index contributed by atoms with van der Waals surface area (Å²) in [6.07, 6.45) is 0.886. The van der Waals surface area contributed by atoms with Crippen molar-refractivity contribution in [3.05, 3.63) is 0 Å². The van der Waals surface area contributed by atoms with Gasteiger partial charge in [0.25, 0.3) is 0 Å². The van der Waals surface area contributed by atoms with Gasteiger partial charge in [-0.2, -0.15) is 0 Å². The minimum Gasteiger partial charge on any atom is -0.380 e. The summed E-state index contributed by atoms with van der Waals surface area (Å²) in [6.45, 7) is 4.26. The third kappa shape index (κ3) is 5.17. The predicted molar refractivity (Wildman–Crippen MR) is 43.7 cm³/mol. The maximum atomic E-state index is 10.6. The van der Waals surface area contributed by atoms with E-state index in [1.54, 1.807) is 0 Å². The Morgan fingerprint density at radius 2 is 2.09 bits per heavy atom. The molecule has 11 heavy (non-hydrogen) atoms. The first-order chi connectivity index (χ1) is 4.98. The van der Waals surface area contributed by atoms with Gasteiger partial charge in [-0.1, -0.05) is 6.92 Å². The van der Waals surface area contributed by atoms with Crippen LogP contribution >= 0.6 is 0 Å². The molecule has 0 amide bonds. The Hall–Kier alpha value is -0.130. The molecule has 0 fully saturated rings. The Balaban J connectivity index is 3.62. The molecule has 0 spiro atoms. The number of hydrogen-bond donors (Lipinski definition) is 1. The van der Waals surface area contributed by atoms with E-state index in [1.807, 2.05) is 6.92 Å². The van der Waals surface area contributed by atoms with Gasteiger partial charge in [0.2, 0.25) is 10.0 Å². The number of ether oxygens (including phenoxy) is 1. The van der Waals surface area contributed by atoms with Crippen LogP contribution in [0.4, 0.5) is 0 Å². The van der Waals surface area contributed by atoms with Crippen molar-refractivity contribution < 1.29 is 13.2 Å². The second-order valence-corrected chi connectivity index (χ2v) is 4.46. The first kappa shape index (κ1) is 10.9. The van der Waals surface area contributed by atoms with E-state index in [-0.39, 0.29) is 6.61 Å². The van der Waals surface area contributed by atoms with Crippen LogP contribution in [0.5, 0.6) is 0 Å². The van der Waals surface area contributed by atoms with Gasteiger partial charge in [0, 0.05) is 6.61 Å². The summed E-state index contributed by atoms with van der Waals surface area (Å²) in [5, 5.41) is 4.25. The lowest BCUT2D eigenvalue weighted by molar-refractivity contribution is 0.137. The Morgan fingerprint density at radius 1 is 1.55 bits per heavy atom. The number of rotatable bonds is 5. The minimum absolute atomic E-state index is 0.187. The Morgan fingerprint density at radius 3 is 2.45 bits per heavy atom. The van der Waals surface area contributed by atoms with Gasteiger partial charge in [0.1, 0.15) is 0 Å². The molecule has 0 saturated heterocycles. The first-order valence-corrected chi connectivity index (χ1v) is 5.18. The van der Waals surface area contributed by atoms with Crippen LogP contribution in [0, 0.1) is 0 Å². The van der Waals surface area contributed by atoms with Gasteiger partial charge in [0.15, 0.2) is 0 Å². The normalized spacial score (nSPS) is 14.8. The summed E-state index contributed by atoms with van der Waals surface area (Å²) >= 11 is 0. The van der Waals surface area contributed by atoms with Gasteiger partial charge < -0.3 is 4.74 Å². The standard InChI is InChI=1S/C6H15NO3S/c1-3-4-10-5-6(2)11(7,8)9/h6H,3-5H2,1-2H3,(H2,7,8,9). The number of hydrogen-bond acceptors (Lipinski definition) is 3. The van der Waals surface area contributed by atoms with Crippen molar-refractivity contribution in [2.75, 3.05) is 13.2 Å². The average molecular weight is 181 g/mol. The lowest BCUT2D eigenvalue weighted by Crippen LogP contribution is -2.29. The predicted octanol–water partition coefficient (Wildman–Crippen LogP) is 0.0900. The van der Waals surface area contributed by atoms with Crippen molar-refractivity contribution in [2.45, 2.75) is 25.5 Å². The summed E-state index contributed by atoms with van der Waals surface area (Å²) in [6, 6.07) is 0. The SMILES string of the molecule is CCCOCC(C)S(N)(=O)=O. The lowest BCUT2D eigenvalue weighted by Gasteiger charge is -2.08. The fourth-order valence-corrected chi connectivity index (χ4v) is 0.774. The van der Waals surface area contributed by atoms with Crippen LogP contribution in [0.3, 0.4) is 0 Å². The molecule has 0 saturated carbocycles. The van der Waals surface area contributed by atoms with E-state index in [0.717, 1.165) is 6.42 Å². The minimum atomic E-state index is -3.41. The van der Waals surface area contributed by atoms with Crippen LogP contribution in [-0.4, -0.2) is 26.9 Å². The number of sulfonamides is 1. The maximum Gasteiger partial charge on any atom is 0.213 e. The third-order valence-electron chi connectivity index (χ3n) is 1.26. The van der Waals surface area contributed by atoms with E-state index in [4.69, 9.17) is 9.88 Å². The van der Waals surface area contributed by atoms with Gasteiger partial charge >= 0.3 is 0 Å². The molecule has 5 heteroatoms. The van der Waals surface area contributed by atoms with Gasteiger partial charge in [-0.3, -0.25) is 0 Å². The van der Waals surface area contributed by atoms with Crippen molar-refractivity contribution in [2.24, 2.45) is 5.14 Å². The van der Waals surface area contributed by atoms with Crippen LogP contribution in [0.1, 0.15) is 20.3 Å². The molecule has 1 unspecified atom stereocenters. The summed E-state index contributed by atoms with van der Waals surface area (Å²) in [4.78, 5) is 0. The highest BCUT2D eigenvalue weighted by Crippen LogP contribution is 1.95. The fourth-order valence-electron chi connectivity index (χ4n) is 0.488. The molecule has 1 atom stereocenters. The van der Waals surface area contributed by atoms with E-state index in [9.17, 15) is 8.42 Å². The number of primary sulfonamides is 1. The molecule has 0 heterocycles. The molecule has 0 bridgehead atoms. The molecule has 0 aromatic carbocycles. The molecular weight excluding hydrogens is 166 g/mol. The van der Waals surface area contributed by atoms with Crippen LogP contribution in [-0.2, 0) is 14.8 Å². The summed E-state index contributed by atoms with van der Waals surface area (Å²) in [7, 11) is -3.41. The third-order valence-corrected chi connectivity index (χ3v) is 2.52. The van der Waals surface area contributed by atoms with E-state index >= 15 is 0 Å². The van der Waals surface area contributed by atoms with Crippen molar-refractivity contribution in [1.82, 2.24) is 0 Å². The largest absolute Gasteiger partial charge is 0.380 e. The van der Waals surface area contributed by atoms with Crippen LogP contribution in [0.2, 0.25) is 0 Å². The molecule has 0 aromatic rings. The van der Waals surface area contributed by atoms with Gasteiger partial charge in [-0.05, 0) is 13.3 Å². The first-order valence-electron chi connectivity index (χ1n) is 3.57.